The van der Waals surface area contributed by atoms with Gasteiger partial charge in [0.2, 0.25) is 11.8 Å². The fourth-order valence-electron chi connectivity index (χ4n) is 8.87. The number of anilines is 4. The molecule has 0 saturated heterocycles. The topological polar surface area (TPSA) is 334 Å². The summed E-state index contributed by atoms with van der Waals surface area (Å²) < 4.78 is 11.0. The molecule has 16 aromatic rings. The summed E-state index contributed by atoms with van der Waals surface area (Å²) in [7, 11) is -1.44. The molecule has 12 N–H and O–H groups in total. The van der Waals surface area contributed by atoms with Crippen LogP contribution >= 0.6 is 202 Å². The number of nitrogens with zero attached hydrogens (tertiary/aromatic N) is 10. The summed E-state index contributed by atoms with van der Waals surface area (Å²) in [6.07, 6.45) is 29.2. The number of nitrogens with one attached hydrogen (secondary N) is 8. The Morgan fingerprint density at radius 3 is 1.26 bits per heavy atom. The van der Waals surface area contributed by atoms with E-state index < -0.39 is 8.07 Å². The zero-order chi connectivity index (χ0) is 80.4. The van der Waals surface area contributed by atoms with Crippen molar-refractivity contribution in [2.45, 2.75) is 68.1 Å². The summed E-state index contributed by atoms with van der Waals surface area (Å²) in [5.41, 5.74) is 26.6. The van der Waals surface area contributed by atoms with E-state index in [2.05, 4.69) is 381 Å². The molecule has 0 spiro atoms. The third kappa shape index (κ3) is 30.7. The number of rotatable bonds is 2. The van der Waals surface area contributed by atoms with Crippen LogP contribution in [0.5, 0.6) is 0 Å². The Bertz CT molecular complexity index is 5420. The van der Waals surface area contributed by atoms with Gasteiger partial charge in [0.15, 0.2) is 0 Å². The molecule has 16 aromatic heterocycles. The molecule has 568 valence electrons. The van der Waals surface area contributed by atoms with Crippen LogP contribution < -0.4 is 22.1 Å². The van der Waals surface area contributed by atoms with Crippen molar-refractivity contribution in [2.24, 2.45) is 0 Å². The lowest BCUT2D eigenvalue weighted by Gasteiger charge is -2.06. The largest absolute Gasteiger partial charge is 0.384 e. The first kappa shape index (κ1) is 90.5. The van der Waals surface area contributed by atoms with Gasteiger partial charge in [0.05, 0.1) is 12.7 Å². The number of fused-ring (bicyclic) bond motifs is 6. The van der Waals surface area contributed by atoms with E-state index in [1.165, 1.54) is 75.7 Å². The van der Waals surface area contributed by atoms with Gasteiger partial charge in [0, 0.05) is 184 Å². The summed E-state index contributed by atoms with van der Waals surface area (Å²) in [5, 5.41) is 12.4. The molecular weight excluding hydrogens is 2320 g/mol. The fraction of sp³-hybridized carbons (Fsp3) is 0.132. The number of halogens is 11. The zero-order valence-electron chi connectivity index (χ0n) is 60.3. The van der Waals surface area contributed by atoms with E-state index in [-0.39, 0.29) is 11.8 Å². The van der Waals surface area contributed by atoms with Crippen LogP contribution in [-0.4, -0.2) is 99.6 Å². The van der Waals surface area contributed by atoms with Gasteiger partial charge in [-0.25, -0.2) is 49.8 Å². The van der Waals surface area contributed by atoms with Crippen LogP contribution in [0, 0.1) is 60.4 Å². The summed E-state index contributed by atoms with van der Waals surface area (Å²) in [4.78, 5) is 81.2. The Balaban J connectivity index is 0.000000171. The van der Waals surface area contributed by atoms with Crippen molar-refractivity contribution >= 4 is 311 Å². The highest BCUT2D eigenvalue weighted by molar-refractivity contribution is 14.1. The van der Waals surface area contributed by atoms with E-state index in [0.29, 0.717) is 23.3 Å². The van der Waals surface area contributed by atoms with E-state index >= 15 is 0 Å². The van der Waals surface area contributed by atoms with E-state index in [4.69, 9.17) is 11.5 Å². The van der Waals surface area contributed by atoms with Crippen LogP contribution in [-0.2, 0) is 9.59 Å². The van der Waals surface area contributed by atoms with Crippen molar-refractivity contribution in [1.29, 1.82) is 0 Å². The molecule has 0 bridgehead atoms. The molecule has 0 unspecified atom stereocenters. The van der Waals surface area contributed by atoms with Crippen LogP contribution in [0.4, 0.5) is 23.3 Å². The summed E-state index contributed by atoms with van der Waals surface area (Å²) >= 11 is 32.0. The molecule has 0 aliphatic rings. The maximum atomic E-state index is 11.0. The van der Waals surface area contributed by atoms with E-state index in [1.54, 1.807) is 49.4 Å². The lowest BCUT2D eigenvalue weighted by Crippen LogP contribution is -2.16. The van der Waals surface area contributed by atoms with E-state index in [9.17, 15) is 9.59 Å². The standard InChI is InChI=1S/C12H15BrN2OSi.C9H10N2.C8H7BrN2.C8H7IN2.C8H8N2.C7H6BrIN2O.C7H4BrIN2.C7H5BrN2.C5H4BrIN2.C5H5BrN2/c1-9(16)15-12-10(5-6-17(2,3)4)7-11(13)8-14-12;1-6-3-8-7(2)5-11-9(8)10-4-6;1-5-3-10-8-7(5)2-6(9)4-11-8;1-5-2-6-7(9)4-11-8(6)10-3-5;1-6-4-7-2-3-9-8(7)10-5-6;1-4(12)11-7-6(9)2-5(8)3-10-7;8-4-1-5-6(9)3-11-7(5)10-2-4;8-6-3-5-1-2-9-7(5)10-4-6;6-3-1-4(7)5(8)9-2-3;6-4-1-2-5(7)8-3-4/h7-8H,1-4H3,(H,14,15,16);3-5H,1-2H3,(H,10,11);2*2-4H,1H3,(H,10,11);2-5H,1H3,(H,9,10);2-3H,1H3,(H,10,11,12);1-3H,(H,10,11);1-4H,(H,9,10);1-2H,(H2,8,9);1-3H,(H2,7,8). The maximum Gasteiger partial charge on any atom is 0.222 e. The summed E-state index contributed by atoms with van der Waals surface area (Å²) in [6.45, 7) is 19.7. The minimum absolute atomic E-state index is 0.109. The van der Waals surface area contributed by atoms with Crippen molar-refractivity contribution in [3.05, 3.63) is 257 Å². The Hall–Kier alpha value is -6.66. The molecular formula is C76H71Br7I4N20O2Si. The number of aromatic amines is 6. The number of amides is 2. The molecule has 0 aliphatic heterocycles. The monoisotopic (exact) mass is 2380 g/mol. The Morgan fingerprint density at radius 2 is 0.773 bits per heavy atom. The van der Waals surface area contributed by atoms with Crippen molar-refractivity contribution < 1.29 is 9.59 Å². The number of pyridine rings is 10. The van der Waals surface area contributed by atoms with Crippen molar-refractivity contribution in [1.82, 2.24) is 79.7 Å². The highest BCUT2D eigenvalue weighted by Gasteiger charge is 2.11. The predicted molar refractivity (Wildman–Crippen MR) is 510 cm³/mol. The zero-order valence-corrected chi connectivity index (χ0v) is 81.1. The van der Waals surface area contributed by atoms with Crippen LogP contribution in [0.25, 0.3) is 66.2 Å². The Kier molecular flexibility index (Phi) is 36.8. The molecule has 110 heavy (non-hydrogen) atoms. The van der Waals surface area contributed by atoms with Gasteiger partial charge in [-0.1, -0.05) is 25.6 Å². The second-order valence-corrected chi connectivity index (χ2v) is 40.3. The molecule has 22 nitrogen and oxygen atoms in total. The number of aromatic nitrogens is 16. The van der Waals surface area contributed by atoms with Gasteiger partial charge in [0.25, 0.3) is 0 Å². The average molecular weight is 2390 g/mol. The second-order valence-electron chi connectivity index (χ2n) is 24.4. The molecule has 0 aromatic carbocycles. The van der Waals surface area contributed by atoms with Crippen LogP contribution in [0.15, 0.2) is 209 Å². The fourth-order valence-corrected chi connectivity index (χ4v) is 14.7. The minimum Gasteiger partial charge on any atom is -0.384 e. The number of hydrogen-bond donors (Lipinski definition) is 10. The average Bonchev–Trinajstić information content (AvgIpc) is 1.69. The van der Waals surface area contributed by atoms with E-state index in [1.807, 2.05) is 105 Å². The van der Waals surface area contributed by atoms with Gasteiger partial charge in [-0.15, -0.1) is 5.54 Å². The van der Waals surface area contributed by atoms with Crippen LogP contribution in [0.3, 0.4) is 0 Å². The number of nitrogen functional groups attached to an aromatic ring is 2. The normalized spacial score (nSPS) is 10.3. The van der Waals surface area contributed by atoms with Gasteiger partial charge in [0.1, 0.15) is 65.2 Å². The van der Waals surface area contributed by atoms with Gasteiger partial charge >= 0.3 is 0 Å². The summed E-state index contributed by atoms with van der Waals surface area (Å²) in [6, 6.07) is 25.8. The lowest BCUT2D eigenvalue weighted by atomic mass is 10.2. The number of carbonyl (C=O) groups excluding carboxylic acids is 2. The number of H-pyrrole nitrogens is 6. The first-order valence-electron chi connectivity index (χ1n) is 32.5. The number of hydrogen-bond acceptors (Lipinski definition) is 14. The number of nitrogens with two attached hydrogens (primary N) is 2. The lowest BCUT2D eigenvalue weighted by molar-refractivity contribution is -0.115. The first-order valence-corrected chi connectivity index (χ1v) is 45.9. The van der Waals surface area contributed by atoms with Crippen LogP contribution in [0.2, 0.25) is 19.6 Å². The second kappa shape index (κ2) is 44.7. The maximum absolute atomic E-state index is 11.0. The molecule has 0 aliphatic carbocycles. The molecule has 0 atom stereocenters. The van der Waals surface area contributed by atoms with Crippen molar-refractivity contribution in [2.75, 3.05) is 22.1 Å². The highest BCUT2D eigenvalue weighted by Crippen LogP contribution is 2.26. The molecule has 0 fully saturated rings. The van der Waals surface area contributed by atoms with E-state index in [0.717, 1.165) is 83.3 Å². The predicted octanol–water partition coefficient (Wildman–Crippen LogP) is 23.3. The Labute approximate surface area is 749 Å². The van der Waals surface area contributed by atoms with Crippen molar-refractivity contribution in [3.8, 4) is 11.5 Å². The van der Waals surface area contributed by atoms with Gasteiger partial charge in [-0.3, -0.25) is 9.59 Å². The third-order valence-electron chi connectivity index (χ3n) is 14.0. The molecule has 0 radical (unpaired) electrons. The van der Waals surface area contributed by atoms with Crippen LogP contribution in [0.1, 0.15) is 47.2 Å². The molecule has 16 heterocycles. The third-order valence-corrected chi connectivity index (χ3v) is 21.4. The molecule has 2 amide bonds. The van der Waals surface area contributed by atoms with Gasteiger partial charge in [-0.05, 0) is 343 Å². The van der Waals surface area contributed by atoms with Crippen molar-refractivity contribution in [3.63, 3.8) is 0 Å². The smallest absolute Gasteiger partial charge is 0.222 e. The van der Waals surface area contributed by atoms with Gasteiger partial charge < -0.3 is 52.0 Å². The highest BCUT2D eigenvalue weighted by atomic mass is 127. The summed E-state index contributed by atoms with van der Waals surface area (Å²) in [5.74, 6) is 5.11. The molecule has 16 rings (SSSR count). The number of aryl methyl sites for hydroxylation is 5. The SMILES string of the molecule is Brc1cnc2[nH]cc(I)c2c1.Brc1cnc2[nH]ccc2c1.CC(=O)Nc1ncc(Br)cc1C#C[Si](C)(C)C.CC(=O)Nc1ncc(Br)cc1I.Cc1c[nH]c2ncc(Br)cc12.Cc1cnc2[nH]cc(C)c2c1.Cc1cnc2[nH]cc(I)c2c1.Cc1cnc2[nH]ccc2c1.Nc1ccc(Br)cn1.Nc1ncc(Br)cc1I. The molecule has 34 heteroatoms. The number of carbonyl (C=O) groups is 2. The quantitative estimate of drug-likeness (QED) is 0.0437. The van der Waals surface area contributed by atoms with Gasteiger partial charge in [-0.2, -0.15) is 0 Å². The minimum atomic E-state index is -1.44. The Morgan fingerprint density at radius 1 is 0.391 bits per heavy atom. The molecule has 0 saturated carbocycles. The first-order chi connectivity index (χ1) is 52.2.